The van der Waals surface area contributed by atoms with Gasteiger partial charge in [-0.05, 0) is 43.9 Å². The van der Waals surface area contributed by atoms with Crippen LogP contribution in [0.1, 0.15) is 51.9 Å². The molecule has 0 saturated heterocycles. The van der Waals surface area contributed by atoms with Crippen molar-refractivity contribution in [1.82, 2.24) is 0 Å². The van der Waals surface area contributed by atoms with Gasteiger partial charge in [-0.2, -0.15) is 0 Å². The Morgan fingerprint density at radius 2 is 2.14 bits per heavy atom. The highest BCUT2D eigenvalue weighted by Gasteiger charge is 2.23. The van der Waals surface area contributed by atoms with Crippen molar-refractivity contribution in [1.29, 1.82) is 0 Å². The maximum atomic E-state index is 5.91. The molecular formula is C13H23N. The maximum absolute atomic E-state index is 5.91. The van der Waals surface area contributed by atoms with E-state index in [-0.39, 0.29) is 0 Å². The Morgan fingerprint density at radius 1 is 1.29 bits per heavy atom. The van der Waals surface area contributed by atoms with Crippen LogP contribution < -0.4 is 5.73 Å². The van der Waals surface area contributed by atoms with Crippen molar-refractivity contribution in [3.05, 3.63) is 11.6 Å². The van der Waals surface area contributed by atoms with E-state index in [1.165, 1.54) is 38.5 Å². The van der Waals surface area contributed by atoms with Gasteiger partial charge in [-0.15, -0.1) is 0 Å². The van der Waals surface area contributed by atoms with Crippen molar-refractivity contribution in [2.24, 2.45) is 17.6 Å². The van der Waals surface area contributed by atoms with Gasteiger partial charge in [0.2, 0.25) is 0 Å². The zero-order valence-electron chi connectivity index (χ0n) is 9.34. The SMILES string of the molecule is CC1CCCC(C2=CCC(N)CC2)C1. The van der Waals surface area contributed by atoms with Gasteiger partial charge in [-0.25, -0.2) is 0 Å². The molecule has 1 saturated carbocycles. The summed E-state index contributed by atoms with van der Waals surface area (Å²) in [5, 5.41) is 0. The van der Waals surface area contributed by atoms with Crippen molar-refractivity contribution >= 4 is 0 Å². The third kappa shape index (κ3) is 2.38. The first kappa shape index (κ1) is 10.2. The van der Waals surface area contributed by atoms with Crippen LogP contribution in [0.15, 0.2) is 11.6 Å². The fourth-order valence-corrected chi connectivity index (χ4v) is 3.02. The summed E-state index contributed by atoms with van der Waals surface area (Å²) < 4.78 is 0. The Hall–Kier alpha value is -0.300. The van der Waals surface area contributed by atoms with Crippen molar-refractivity contribution < 1.29 is 0 Å². The molecule has 0 bridgehead atoms. The lowest BCUT2D eigenvalue weighted by Gasteiger charge is -2.31. The largest absolute Gasteiger partial charge is 0.327 e. The van der Waals surface area contributed by atoms with Crippen LogP contribution in [0.5, 0.6) is 0 Å². The first-order valence-corrected chi connectivity index (χ1v) is 6.20. The number of hydrogen-bond donors (Lipinski definition) is 1. The van der Waals surface area contributed by atoms with Crippen LogP contribution in [0.25, 0.3) is 0 Å². The minimum Gasteiger partial charge on any atom is -0.327 e. The zero-order valence-corrected chi connectivity index (χ0v) is 9.34. The van der Waals surface area contributed by atoms with E-state index in [2.05, 4.69) is 13.0 Å². The van der Waals surface area contributed by atoms with Crippen LogP contribution in [0.3, 0.4) is 0 Å². The second-order valence-corrected chi connectivity index (χ2v) is 5.28. The summed E-state index contributed by atoms with van der Waals surface area (Å²) in [6.45, 7) is 2.40. The van der Waals surface area contributed by atoms with Gasteiger partial charge >= 0.3 is 0 Å². The Kier molecular flexibility index (Phi) is 3.27. The van der Waals surface area contributed by atoms with E-state index in [9.17, 15) is 0 Å². The molecule has 2 aliphatic carbocycles. The average Bonchev–Trinajstić information content (AvgIpc) is 2.19. The molecule has 1 nitrogen and oxygen atoms in total. The normalized spacial score (nSPS) is 39.3. The van der Waals surface area contributed by atoms with Crippen LogP contribution in [-0.4, -0.2) is 6.04 Å². The molecule has 3 unspecified atom stereocenters. The van der Waals surface area contributed by atoms with Crippen LogP contribution in [0, 0.1) is 11.8 Å². The van der Waals surface area contributed by atoms with Crippen LogP contribution in [-0.2, 0) is 0 Å². The van der Waals surface area contributed by atoms with Gasteiger partial charge in [0.1, 0.15) is 0 Å². The van der Waals surface area contributed by atoms with Crippen LogP contribution >= 0.6 is 0 Å². The molecule has 1 heteroatoms. The third-order valence-corrected chi connectivity index (χ3v) is 3.95. The summed E-state index contributed by atoms with van der Waals surface area (Å²) in [7, 11) is 0. The Morgan fingerprint density at radius 3 is 2.79 bits per heavy atom. The van der Waals surface area contributed by atoms with Crippen LogP contribution in [0.4, 0.5) is 0 Å². The first-order chi connectivity index (χ1) is 6.75. The lowest BCUT2D eigenvalue weighted by molar-refractivity contribution is 0.304. The van der Waals surface area contributed by atoms with Crippen molar-refractivity contribution in [3.63, 3.8) is 0 Å². The van der Waals surface area contributed by atoms with Gasteiger partial charge in [0.05, 0.1) is 0 Å². The Labute approximate surface area is 87.8 Å². The van der Waals surface area contributed by atoms with Crippen molar-refractivity contribution in [2.75, 3.05) is 0 Å². The predicted octanol–water partition coefficient (Wildman–Crippen LogP) is 3.25. The molecule has 0 aromatic carbocycles. The van der Waals surface area contributed by atoms with Gasteiger partial charge in [0.15, 0.2) is 0 Å². The smallest absolute Gasteiger partial charge is 0.00765 e. The second-order valence-electron chi connectivity index (χ2n) is 5.28. The standard InChI is InChI=1S/C13H23N/c1-10-3-2-4-12(9-10)11-5-7-13(14)8-6-11/h5,10,12-13H,2-4,6-9,14H2,1H3. The molecule has 0 aromatic rings. The number of allylic oxidation sites excluding steroid dienone is 1. The molecule has 2 aliphatic rings. The fraction of sp³-hybridized carbons (Fsp3) is 0.846. The third-order valence-electron chi connectivity index (χ3n) is 3.95. The lowest BCUT2D eigenvalue weighted by atomic mass is 9.75. The molecule has 0 amide bonds. The van der Waals surface area contributed by atoms with Gasteiger partial charge in [-0.3, -0.25) is 0 Å². The van der Waals surface area contributed by atoms with Crippen LogP contribution in [0.2, 0.25) is 0 Å². The lowest BCUT2D eigenvalue weighted by Crippen LogP contribution is -2.24. The van der Waals surface area contributed by atoms with Crippen molar-refractivity contribution in [2.45, 2.75) is 57.9 Å². The predicted molar refractivity (Wildman–Crippen MR) is 61.0 cm³/mol. The maximum Gasteiger partial charge on any atom is 0.00765 e. The number of rotatable bonds is 1. The quantitative estimate of drug-likeness (QED) is 0.636. The molecular weight excluding hydrogens is 170 g/mol. The minimum absolute atomic E-state index is 0.444. The van der Waals surface area contributed by atoms with E-state index in [1.807, 2.05) is 0 Å². The topological polar surface area (TPSA) is 26.0 Å². The van der Waals surface area contributed by atoms with E-state index in [4.69, 9.17) is 5.73 Å². The Bertz CT molecular complexity index is 219. The summed E-state index contributed by atoms with van der Waals surface area (Å²) in [5.41, 5.74) is 7.64. The van der Waals surface area contributed by atoms with E-state index in [1.54, 1.807) is 5.57 Å². The van der Waals surface area contributed by atoms with Gasteiger partial charge in [0, 0.05) is 6.04 Å². The van der Waals surface area contributed by atoms with E-state index >= 15 is 0 Å². The Balaban J connectivity index is 1.94. The minimum atomic E-state index is 0.444. The molecule has 2 rings (SSSR count). The van der Waals surface area contributed by atoms with Gasteiger partial charge in [0.25, 0.3) is 0 Å². The van der Waals surface area contributed by atoms with E-state index < -0.39 is 0 Å². The first-order valence-electron chi connectivity index (χ1n) is 6.20. The highest BCUT2D eigenvalue weighted by atomic mass is 14.6. The molecule has 0 aliphatic heterocycles. The number of nitrogens with two attached hydrogens (primary N) is 1. The fourth-order valence-electron chi connectivity index (χ4n) is 3.02. The molecule has 0 aromatic heterocycles. The summed E-state index contributed by atoms with van der Waals surface area (Å²) in [5.74, 6) is 1.86. The summed E-state index contributed by atoms with van der Waals surface area (Å²) in [6, 6.07) is 0.444. The van der Waals surface area contributed by atoms with E-state index in [0.717, 1.165) is 18.3 Å². The molecule has 1 fully saturated rings. The highest BCUT2D eigenvalue weighted by Crippen LogP contribution is 2.36. The molecule has 2 N–H and O–H groups in total. The number of hydrogen-bond acceptors (Lipinski definition) is 1. The summed E-state index contributed by atoms with van der Waals surface area (Å²) >= 11 is 0. The molecule has 3 atom stereocenters. The van der Waals surface area contributed by atoms with E-state index in [0.29, 0.717) is 6.04 Å². The molecule has 0 heterocycles. The highest BCUT2D eigenvalue weighted by molar-refractivity contribution is 5.12. The average molecular weight is 193 g/mol. The second kappa shape index (κ2) is 4.48. The molecule has 80 valence electrons. The molecule has 14 heavy (non-hydrogen) atoms. The summed E-state index contributed by atoms with van der Waals surface area (Å²) in [4.78, 5) is 0. The van der Waals surface area contributed by atoms with Gasteiger partial charge in [-0.1, -0.05) is 31.4 Å². The monoisotopic (exact) mass is 193 g/mol. The summed E-state index contributed by atoms with van der Waals surface area (Å²) in [6.07, 6.45) is 11.8. The molecule has 0 radical (unpaired) electrons. The van der Waals surface area contributed by atoms with Crippen molar-refractivity contribution in [3.8, 4) is 0 Å². The zero-order chi connectivity index (χ0) is 9.97. The van der Waals surface area contributed by atoms with Gasteiger partial charge < -0.3 is 5.73 Å². The molecule has 0 spiro atoms.